The molecule has 0 heteroatoms. The topological polar surface area (TPSA) is 0 Å². The van der Waals surface area contributed by atoms with Gasteiger partial charge in [0.05, 0.1) is 0 Å². The van der Waals surface area contributed by atoms with E-state index in [1.54, 1.807) is 0 Å². The predicted molar refractivity (Wildman–Crippen MR) is 463 cm³/mol. The lowest BCUT2D eigenvalue weighted by Gasteiger charge is -1.64. The molecule has 0 N–H and O–H groups in total. The van der Waals surface area contributed by atoms with Gasteiger partial charge in [-0.15, -0.1) is 11.8 Å². The van der Waals surface area contributed by atoms with Gasteiger partial charge in [0.25, 0.3) is 0 Å². The maximum Gasteiger partial charge on any atom is 0 e. The molecule has 0 heterocycles. The molecule has 0 aliphatic carbocycles. The Morgan fingerprint density at radius 2 is 0.109 bits per heavy atom. The Kier molecular flexibility index (Phi) is 71.8. The van der Waals surface area contributed by atoms with Gasteiger partial charge in [0.2, 0.25) is 0 Å². The van der Waals surface area contributed by atoms with Crippen LogP contribution in [0.25, 0.3) is 0 Å². The largest absolute Gasteiger partial charge is 0.358 e. The van der Waals surface area contributed by atoms with Gasteiger partial charge in [-0.05, 0) is 94.7 Å². The highest BCUT2D eigenvalue weighted by molar-refractivity contribution is 5.58. The van der Waals surface area contributed by atoms with Crippen molar-refractivity contribution in [2.45, 2.75) is 0 Å². The zero-order chi connectivity index (χ0) is 84.7. The molecule has 0 aromatic carbocycles. The Morgan fingerprint density at radius 1 is 0.0672 bits per heavy atom. The maximum absolute atomic E-state index is 6.59. The molecule has 0 unspecified atom stereocenters. The van der Waals surface area contributed by atoms with Crippen LogP contribution in [-0.4, -0.2) is 0 Å². The molecule has 0 saturated carbocycles. The quantitative estimate of drug-likeness (QED) is 0.247. The summed E-state index contributed by atoms with van der Waals surface area (Å²) in [5.74, 6) is 291. The van der Waals surface area contributed by atoms with E-state index in [-0.39, 0.29) is 0 Å². The van der Waals surface area contributed by atoms with E-state index in [0.717, 1.165) is 0 Å². The molecule has 0 aromatic rings. The van der Waals surface area contributed by atoms with Crippen LogP contribution in [0.15, 0.2) is 0 Å². The fourth-order valence-electron chi connectivity index (χ4n) is 3.61. The monoisotopic (exact) mass is 1430 g/mol. The molecular weight excluding hydrogens is 1430 g/mol. The highest BCUT2D eigenvalue weighted by Gasteiger charge is 1.69. The number of hydrogen-bond donors (Lipinski definition) is 0. The van der Waals surface area contributed by atoms with Crippen molar-refractivity contribution in [2.24, 2.45) is 0 Å². The van der Waals surface area contributed by atoms with Gasteiger partial charge in [-0.1, -0.05) is 0 Å². The highest BCUT2D eigenvalue weighted by atomic mass is 13.7. The van der Waals surface area contributed by atoms with E-state index >= 15 is 0 Å². The van der Waals surface area contributed by atoms with Gasteiger partial charge in [-0.2, -0.15) is 6.92 Å². The molecule has 0 radical (unpaired) electrons. The van der Waals surface area contributed by atoms with Crippen molar-refractivity contribution < 1.29 is 0 Å². The van der Waals surface area contributed by atoms with Crippen LogP contribution in [0.2, 0.25) is 0 Å². The van der Waals surface area contributed by atoms with Gasteiger partial charge in [0, 0.05) is 562 Å². The maximum atomic E-state index is 6.59. The third kappa shape index (κ3) is 91.9. The summed E-state index contributed by atoms with van der Waals surface area (Å²) >= 11 is 0. The molecule has 0 spiro atoms. The molecule has 119 heavy (non-hydrogen) atoms. The Bertz CT molecular complexity index is 8370. The number of hydrogen-bond acceptors (Lipinski definition) is 0. The van der Waals surface area contributed by atoms with Crippen LogP contribution in [0.1, 0.15) is 0 Å². The van der Waals surface area contributed by atoms with E-state index in [9.17, 15) is 0 Å². The van der Waals surface area contributed by atoms with E-state index in [4.69, 9.17) is 6.42 Å². The lowest BCUT2D eigenvalue weighted by atomic mass is 10.4. The van der Waals surface area contributed by atoms with E-state index in [1.807, 2.05) is 5.92 Å². The summed E-state index contributed by atoms with van der Waals surface area (Å²) in [4.78, 5) is 0. The molecule has 0 atom stereocenters. The fraction of sp³-hybridized carbons (Fsp3) is 0. The smallest absolute Gasteiger partial charge is 0 e. The van der Waals surface area contributed by atoms with Crippen LogP contribution in [0.4, 0.5) is 0 Å². The zero-order valence-corrected chi connectivity index (χ0v) is 59.7. The van der Waals surface area contributed by atoms with Crippen molar-refractivity contribution in [1.82, 2.24) is 0 Å². The first kappa shape index (κ1) is 92.9. The fourth-order valence-corrected chi connectivity index (χ4v) is 3.61. The summed E-state index contributed by atoms with van der Waals surface area (Å²) in [6, 6.07) is 0. The Morgan fingerprint density at radius 3 is 0.151 bits per heavy atom. The second-order valence-electron chi connectivity index (χ2n) is 14.7. The van der Waals surface area contributed by atoms with Crippen molar-refractivity contribution in [3.8, 4) is 693 Å². The summed E-state index contributed by atoms with van der Waals surface area (Å²) in [5.41, 5.74) is 0. The van der Waals surface area contributed by atoms with Gasteiger partial charge < -0.3 is 6.42 Å². The van der Waals surface area contributed by atoms with Crippen LogP contribution in [0.3, 0.4) is 0 Å². The van der Waals surface area contributed by atoms with Crippen molar-refractivity contribution in [3.63, 3.8) is 0 Å². The second kappa shape index (κ2) is 91.9. The first-order valence-electron chi connectivity index (χ1n) is 29.6. The summed E-state index contributed by atoms with van der Waals surface area (Å²) in [7, 11) is 0. The van der Waals surface area contributed by atoms with E-state index in [2.05, 4.69) is 694 Å². The van der Waals surface area contributed by atoms with Crippen LogP contribution >= 0.6 is 0 Å². The molecule has 480 valence electrons. The van der Waals surface area contributed by atoms with E-state index < -0.39 is 0 Å². The highest BCUT2D eigenvalue weighted by Crippen LogP contribution is 1.69. The predicted octanol–water partition coefficient (Wildman–Crippen LogP) is 0.607. The summed E-state index contributed by atoms with van der Waals surface area (Å²) in [6.45, 7) is 3.32. The third-order valence-corrected chi connectivity index (χ3v) is 7.28. The minimum absolute atomic E-state index is 1.87. The second-order valence-corrected chi connectivity index (χ2v) is 14.7. The Balaban J connectivity index is 4.65. The molecule has 0 bridgehead atoms. The third-order valence-electron chi connectivity index (χ3n) is 7.28. The Labute approximate surface area is 701 Å². The molecular formula is C119H2-2. The minimum Gasteiger partial charge on any atom is -0.358 e. The molecule has 0 aromatic heterocycles. The number of rotatable bonds is 0. The van der Waals surface area contributed by atoms with Gasteiger partial charge in [-0.25, -0.2) is 11.8 Å². The van der Waals surface area contributed by atoms with E-state index in [0.29, 0.717) is 0 Å². The Hall–Kier alpha value is -26.1. The lowest BCUT2D eigenvalue weighted by molar-refractivity contribution is 2.31. The van der Waals surface area contributed by atoms with E-state index in [1.165, 1.54) is 0 Å². The van der Waals surface area contributed by atoms with Crippen molar-refractivity contribution in [3.05, 3.63) is 13.3 Å². The average molecular weight is 1430 g/mol. The van der Waals surface area contributed by atoms with Gasteiger partial charge >= 0.3 is 0 Å². The van der Waals surface area contributed by atoms with Crippen LogP contribution < -0.4 is 0 Å². The van der Waals surface area contributed by atoms with Gasteiger partial charge in [0.15, 0.2) is 0 Å². The first-order chi connectivity index (χ1) is 59.4. The molecule has 0 amide bonds. The molecule has 0 fully saturated rings. The average Bonchev–Trinajstić information content (AvgIpc) is 1.70. The van der Waals surface area contributed by atoms with Crippen molar-refractivity contribution >= 4 is 0 Å². The normalized spacial score (nSPS) is 3.96. The first-order valence-corrected chi connectivity index (χ1v) is 29.6. The molecule has 0 rings (SSSR count). The summed E-state index contributed by atoms with van der Waals surface area (Å²) < 4.78 is 0. The molecule has 0 aliphatic heterocycles. The molecule has 0 aliphatic rings. The van der Waals surface area contributed by atoms with Crippen LogP contribution in [0, 0.1) is 706 Å². The standard InChI is InChI=1S/C119H2/c1-3-5-7-9-11-13-15-17-19-21-23-25-27-29-31-33-35-37-39-41-43-45-47-49-51-53-55-57-59-61-63-65-67-69-71-73-75-77-79-81-83-85-87-89-91-93-95-97-99-101-103-105-107-109-111-113-115-117-119-118-116-114-112-110-108-106-104-102-100-98-96-94-92-90-88-86-84-82-80-78-76-74-72-70-68-66-64-62-60-58-56-54-52-50-48-46-44-42-40-38-36-34-32-30-28-26-24-22-20-18-16-14-12-10-8-6-4-2/h1H2/q-2. The lowest BCUT2D eigenvalue weighted by Crippen LogP contribution is -1.57. The van der Waals surface area contributed by atoms with Crippen LogP contribution in [0.5, 0.6) is 0 Å². The summed E-state index contributed by atoms with van der Waals surface area (Å²) in [5, 5.41) is 0. The zero-order valence-electron chi connectivity index (χ0n) is 59.7. The molecule has 0 saturated heterocycles. The molecule has 0 nitrogen and oxygen atoms in total. The minimum atomic E-state index is 1.87. The SMILES string of the molecule is [C-]#CC#CC#CC#CC#CC#CC#CC#CC#CC#CC#CC#CC#CC#CC#CC#CC#CC#CC#CC#CC#CC#CC#CC#CC#CC#CC#CC#CC#CC#CC#CC#CC#CC#CC#CC#CC#CC#CC#CC#CC#CC#CC#CC#CC#CC#CC#CC#CC#CC#CC#CC#CC#CC#CC#CC#CC#CC#CC#C[CH2-]. The van der Waals surface area contributed by atoms with Crippen LogP contribution in [-0.2, 0) is 0 Å². The van der Waals surface area contributed by atoms with Gasteiger partial charge in [-0.3, -0.25) is 11.8 Å². The summed E-state index contributed by atoms with van der Waals surface area (Å²) in [6.07, 6.45) is 6.59. The van der Waals surface area contributed by atoms with Gasteiger partial charge in [0.1, 0.15) is 0 Å². The van der Waals surface area contributed by atoms with Crippen molar-refractivity contribution in [1.29, 1.82) is 0 Å². The van der Waals surface area contributed by atoms with Crippen molar-refractivity contribution in [2.75, 3.05) is 0 Å².